The molecular weight excluding hydrogens is 366 g/mol. The zero-order chi connectivity index (χ0) is 18.5. The largest absolute Gasteiger partial charge is 0.335 e. The van der Waals surface area contributed by atoms with E-state index in [1.165, 1.54) is 16.9 Å². The molecule has 3 rings (SSSR count). The van der Waals surface area contributed by atoms with Crippen molar-refractivity contribution in [1.82, 2.24) is 4.98 Å². The zero-order valence-corrected chi connectivity index (χ0v) is 16.3. The Bertz CT molecular complexity index is 882. The van der Waals surface area contributed by atoms with Crippen LogP contribution in [0.2, 0.25) is 5.02 Å². The second-order valence-electron chi connectivity index (χ2n) is 6.09. The summed E-state index contributed by atoms with van der Waals surface area (Å²) in [6, 6.07) is 17.8. The first-order chi connectivity index (χ1) is 12.5. The zero-order valence-electron chi connectivity index (χ0n) is 14.7. The Morgan fingerprint density at radius 3 is 2.69 bits per heavy atom. The number of rotatable bonds is 6. The highest BCUT2D eigenvalue weighted by atomic mass is 35.5. The molecule has 4 nitrogen and oxygen atoms in total. The molecule has 6 heteroatoms. The van der Waals surface area contributed by atoms with Crippen LogP contribution in [0.3, 0.4) is 0 Å². The summed E-state index contributed by atoms with van der Waals surface area (Å²) in [7, 11) is 0. The molecule has 1 atom stereocenters. The fourth-order valence-corrected chi connectivity index (χ4v) is 3.82. The van der Waals surface area contributed by atoms with E-state index >= 15 is 0 Å². The monoisotopic (exact) mass is 386 g/mol. The van der Waals surface area contributed by atoms with Gasteiger partial charge in [-0.1, -0.05) is 41.9 Å². The summed E-state index contributed by atoms with van der Waals surface area (Å²) in [5.74, 6) is -0.0478. The average molecular weight is 387 g/mol. The molecular formula is C20H21ClN3OS+. The third-order valence-electron chi connectivity index (χ3n) is 4.12. The number of amides is 1. The van der Waals surface area contributed by atoms with E-state index in [0.717, 1.165) is 22.9 Å². The highest BCUT2D eigenvalue weighted by Crippen LogP contribution is 2.28. The number of quaternary nitrogens is 1. The van der Waals surface area contributed by atoms with E-state index in [9.17, 15) is 4.79 Å². The van der Waals surface area contributed by atoms with Crippen LogP contribution in [0.15, 0.2) is 60.0 Å². The van der Waals surface area contributed by atoms with Gasteiger partial charge in [0.2, 0.25) is 5.91 Å². The minimum atomic E-state index is -0.0478. The van der Waals surface area contributed by atoms with E-state index < -0.39 is 0 Å². The van der Waals surface area contributed by atoms with Crippen molar-refractivity contribution in [2.75, 3.05) is 4.90 Å². The SMILES string of the molecule is CC(=O)N(c1ccccc1)c1nc(C[NH2+][C@@H](C)c2cccc(Cl)c2)cs1. The second-order valence-corrected chi connectivity index (χ2v) is 7.37. The predicted molar refractivity (Wildman–Crippen MR) is 107 cm³/mol. The molecule has 3 aromatic rings. The van der Waals surface area contributed by atoms with Crippen LogP contribution in [0.25, 0.3) is 0 Å². The summed E-state index contributed by atoms with van der Waals surface area (Å²) in [5.41, 5.74) is 2.97. The van der Waals surface area contributed by atoms with Gasteiger partial charge in [-0.3, -0.25) is 9.69 Å². The van der Waals surface area contributed by atoms with Crippen molar-refractivity contribution in [2.24, 2.45) is 0 Å². The number of para-hydroxylation sites is 1. The van der Waals surface area contributed by atoms with E-state index in [1.54, 1.807) is 11.8 Å². The van der Waals surface area contributed by atoms with Crippen molar-refractivity contribution in [1.29, 1.82) is 0 Å². The number of carbonyl (C=O) groups is 1. The van der Waals surface area contributed by atoms with Crippen LogP contribution >= 0.6 is 22.9 Å². The summed E-state index contributed by atoms with van der Waals surface area (Å²) in [6.45, 7) is 4.44. The molecule has 0 saturated carbocycles. The van der Waals surface area contributed by atoms with Gasteiger partial charge < -0.3 is 5.32 Å². The number of nitrogens with two attached hydrogens (primary N) is 1. The smallest absolute Gasteiger partial charge is 0.230 e. The van der Waals surface area contributed by atoms with Crippen molar-refractivity contribution in [3.05, 3.63) is 76.3 Å². The number of anilines is 2. The predicted octanol–water partition coefficient (Wildman–Crippen LogP) is 4.31. The highest BCUT2D eigenvalue weighted by molar-refractivity contribution is 7.14. The van der Waals surface area contributed by atoms with Crippen molar-refractivity contribution in [3.63, 3.8) is 0 Å². The molecule has 0 fully saturated rings. The molecule has 0 aliphatic carbocycles. The standard InChI is InChI=1S/C20H20ClN3OS/c1-14(16-7-6-8-17(21)11-16)22-12-18-13-26-20(23-18)24(15(2)25)19-9-4-3-5-10-19/h3-11,13-14,22H,12H2,1-2H3/p+1/t14-/m0/s1. The molecule has 0 spiro atoms. The van der Waals surface area contributed by atoms with E-state index in [4.69, 9.17) is 11.6 Å². The maximum atomic E-state index is 12.1. The minimum Gasteiger partial charge on any atom is -0.335 e. The number of aromatic nitrogens is 1. The van der Waals surface area contributed by atoms with Crippen LogP contribution in [0, 0.1) is 0 Å². The van der Waals surface area contributed by atoms with Gasteiger partial charge in [0.25, 0.3) is 0 Å². The van der Waals surface area contributed by atoms with Crippen molar-refractivity contribution in [3.8, 4) is 0 Å². The summed E-state index contributed by atoms with van der Waals surface area (Å²) in [5, 5.41) is 5.67. The summed E-state index contributed by atoms with van der Waals surface area (Å²) in [6.07, 6.45) is 0. The Balaban J connectivity index is 1.70. The molecule has 0 saturated heterocycles. The van der Waals surface area contributed by atoms with Crippen molar-refractivity contribution < 1.29 is 10.1 Å². The van der Waals surface area contributed by atoms with Crippen LogP contribution in [0.1, 0.15) is 31.1 Å². The van der Waals surface area contributed by atoms with Gasteiger partial charge in [0.1, 0.15) is 18.3 Å². The molecule has 2 aromatic carbocycles. The molecule has 2 N–H and O–H groups in total. The maximum Gasteiger partial charge on any atom is 0.230 e. The third kappa shape index (κ3) is 4.49. The molecule has 1 aromatic heterocycles. The van der Waals surface area contributed by atoms with Gasteiger partial charge in [-0.05, 0) is 31.2 Å². The molecule has 0 bridgehead atoms. The third-order valence-corrected chi connectivity index (χ3v) is 5.22. The Morgan fingerprint density at radius 2 is 2.00 bits per heavy atom. The maximum absolute atomic E-state index is 12.1. The van der Waals surface area contributed by atoms with Gasteiger partial charge in [-0.15, -0.1) is 11.3 Å². The van der Waals surface area contributed by atoms with E-state index in [1.807, 2.05) is 53.9 Å². The Labute approximate surface area is 162 Å². The Hall–Kier alpha value is -2.21. The van der Waals surface area contributed by atoms with Crippen molar-refractivity contribution >= 4 is 39.7 Å². The normalized spacial score (nSPS) is 12.0. The van der Waals surface area contributed by atoms with E-state index in [0.29, 0.717) is 5.13 Å². The molecule has 1 amide bonds. The lowest BCUT2D eigenvalue weighted by atomic mass is 10.1. The Kier molecular flexibility index (Phi) is 6.04. The number of hydrogen-bond donors (Lipinski definition) is 1. The number of halogens is 1. The van der Waals surface area contributed by atoms with Gasteiger partial charge in [-0.2, -0.15) is 0 Å². The number of benzene rings is 2. The van der Waals surface area contributed by atoms with Gasteiger partial charge in [0.05, 0.1) is 5.69 Å². The summed E-state index contributed by atoms with van der Waals surface area (Å²) in [4.78, 5) is 18.4. The summed E-state index contributed by atoms with van der Waals surface area (Å²) < 4.78 is 0. The van der Waals surface area contributed by atoms with Gasteiger partial charge in [0.15, 0.2) is 5.13 Å². The first kappa shape index (κ1) is 18.6. The van der Waals surface area contributed by atoms with E-state index in [-0.39, 0.29) is 11.9 Å². The molecule has 0 unspecified atom stereocenters. The van der Waals surface area contributed by atoms with Gasteiger partial charge in [-0.25, -0.2) is 4.98 Å². The van der Waals surface area contributed by atoms with Crippen LogP contribution < -0.4 is 10.2 Å². The summed E-state index contributed by atoms with van der Waals surface area (Å²) >= 11 is 7.55. The molecule has 26 heavy (non-hydrogen) atoms. The van der Waals surface area contributed by atoms with Crippen LogP contribution in [0.5, 0.6) is 0 Å². The molecule has 0 radical (unpaired) electrons. The molecule has 134 valence electrons. The number of carbonyl (C=O) groups excluding carboxylic acids is 1. The average Bonchev–Trinajstić information content (AvgIpc) is 3.09. The second kappa shape index (κ2) is 8.45. The van der Waals surface area contributed by atoms with Gasteiger partial charge in [0, 0.05) is 22.9 Å². The quantitative estimate of drug-likeness (QED) is 0.686. The first-order valence-electron chi connectivity index (χ1n) is 8.43. The fraction of sp³-hybridized carbons (Fsp3) is 0.200. The molecule has 0 aliphatic rings. The van der Waals surface area contributed by atoms with Gasteiger partial charge >= 0.3 is 0 Å². The molecule has 0 aliphatic heterocycles. The fourth-order valence-electron chi connectivity index (χ4n) is 2.72. The first-order valence-corrected chi connectivity index (χ1v) is 9.69. The van der Waals surface area contributed by atoms with Crippen LogP contribution in [0.4, 0.5) is 10.8 Å². The molecule has 1 heterocycles. The van der Waals surface area contributed by atoms with Crippen LogP contribution in [-0.4, -0.2) is 10.9 Å². The Morgan fingerprint density at radius 1 is 1.23 bits per heavy atom. The topological polar surface area (TPSA) is 49.8 Å². The van der Waals surface area contributed by atoms with E-state index in [2.05, 4.69) is 23.3 Å². The van der Waals surface area contributed by atoms with Crippen LogP contribution in [-0.2, 0) is 11.3 Å². The number of thiazole rings is 1. The lowest BCUT2D eigenvalue weighted by Crippen LogP contribution is -2.83. The van der Waals surface area contributed by atoms with Crippen molar-refractivity contribution in [2.45, 2.75) is 26.4 Å². The number of hydrogen-bond acceptors (Lipinski definition) is 3. The number of nitrogens with zero attached hydrogens (tertiary/aromatic N) is 2. The lowest BCUT2D eigenvalue weighted by molar-refractivity contribution is -0.708. The minimum absolute atomic E-state index is 0.0478. The lowest BCUT2D eigenvalue weighted by Gasteiger charge is -2.17. The highest BCUT2D eigenvalue weighted by Gasteiger charge is 2.18.